The van der Waals surface area contributed by atoms with Crippen molar-refractivity contribution in [3.8, 4) is 0 Å². The van der Waals surface area contributed by atoms with Crippen LogP contribution in [0, 0.1) is 6.92 Å². The van der Waals surface area contributed by atoms with Gasteiger partial charge in [0.05, 0.1) is 4.90 Å². The number of benzene rings is 2. The van der Waals surface area contributed by atoms with Gasteiger partial charge in [0, 0.05) is 24.8 Å². The van der Waals surface area contributed by atoms with Crippen molar-refractivity contribution >= 4 is 21.6 Å². The minimum Gasteiger partial charge on any atom is -0.322 e. The van der Waals surface area contributed by atoms with Crippen LogP contribution in [-0.4, -0.2) is 32.2 Å². The summed E-state index contributed by atoms with van der Waals surface area (Å²) < 4.78 is 26.3. The van der Waals surface area contributed by atoms with Gasteiger partial charge in [-0.05, 0) is 55.3 Å². The predicted octanol–water partition coefficient (Wildman–Crippen LogP) is 3.67. The van der Waals surface area contributed by atoms with Crippen molar-refractivity contribution in [1.29, 1.82) is 0 Å². The van der Waals surface area contributed by atoms with Crippen LogP contribution in [0.3, 0.4) is 0 Å². The molecule has 1 N–H and O–H groups in total. The topological polar surface area (TPSA) is 66.5 Å². The lowest BCUT2D eigenvalue weighted by molar-refractivity contribution is 0.102. The summed E-state index contributed by atoms with van der Waals surface area (Å²) >= 11 is 0. The first-order valence-corrected chi connectivity index (χ1v) is 9.73. The van der Waals surface area contributed by atoms with E-state index in [1.807, 2.05) is 38.1 Å². The van der Waals surface area contributed by atoms with E-state index < -0.39 is 10.0 Å². The van der Waals surface area contributed by atoms with Crippen molar-refractivity contribution in [2.75, 3.05) is 18.9 Å². The van der Waals surface area contributed by atoms with E-state index in [0.29, 0.717) is 17.8 Å². The third-order valence-corrected chi connectivity index (χ3v) is 5.80. The van der Waals surface area contributed by atoms with Gasteiger partial charge in [0.15, 0.2) is 0 Å². The molecule has 0 heterocycles. The Morgan fingerprint density at radius 1 is 1.12 bits per heavy atom. The number of hydrogen-bond acceptors (Lipinski definition) is 3. The molecule has 0 fully saturated rings. The molecule has 5 nitrogen and oxygen atoms in total. The molecule has 0 unspecified atom stereocenters. The van der Waals surface area contributed by atoms with E-state index in [-0.39, 0.29) is 10.8 Å². The van der Waals surface area contributed by atoms with E-state index in [1.165, 1.54) is 28.6 Å². The van der Waals surface area contributed by atoms with Crippen LogP contribution < -0.4 is 5.32 Å². The molecule has 0 saturated carbocycles. The maximum Gasteiger partial charge on any atom is 0.255 e. The van der Waals surface area contributed by atoms with E-state index in [4.69, 9.17) is 0 Å². The molecule has 0 aliphatic carbocycles. The summed E-state index contributed by atoms with van der Waals surface area (Å²) in [5, 5.41) is 2.81. The number of sulfonamides is 1. The molecule has 2 aromatic rings. The third-order valence-electron chi connectivity index (χ3n) is 3.93. The first-order valence-electron chi connectivity index (χ1n) is 8.29. The van der Waals surface area contributed by atoms with Gasteiger partial charge < -0.3 is 5.32 Å². The van der Waals surface area contributed by atoms with Crippen molar-refractivity contribution in [3.63, 3.8) is 0 Å². The number of amides is 1. The second-order valence-electron chi connectivity index (χ2n) is 6.03. The van der Waals surface area contributed by atoms with Crippen molar-refractivity contribution in [2.45, 2.75) is 31.6 Å². The van der Waals surface area contributed by atoms with Crippen LogP contribution >= 0.6 is 0 Å². The number of nitrogens with one attached hydrogen (secondary N) is 1. The summed E-state index contributed by atoms with van der Waals surface area (Å²) in [6.45, 7) is 4.45. The molecule has 0 radical (unpaired) electrons. The highest BCUT2D eigenvalue weighted by atomic mass is 32.2. The fourth-order valence-electron chi connectivity index (χ4n) is 2.39. The van der Waals surface area contributed by atoms with Crippen LogP contribution in [0.5, 0.6) is 0 Å². The number of nitrogens with zero attached hydrogens (tertiary/aromatic N) is 1. The van der Waals surface area contributed by atoms with Gasteiger partial charge in [0.1, 0.15) is 0 Å². The zero-order chi connectivity index (χ0) is 18.4. The van der Waals surface area contributed by atoms with Crippen LogP contribution in [0.4, 0.5) is 5.69 Å². The van der Waals surface area contributed by atoms with Crippen molar-refractivity contribution < 1.29 is 13.2 Å². The molecule has 0 aliphatic heterocycles. The van der Waals surface area contributed by atoms with Crippen LogP contribution in [0.1, 0.15) is 35.7 Å². The van der Waals surface area contributed by atoms with Crippen LogP contribution in [0.15, 0.2) is 53.4 Å². The van der Waals surface area contributed by atoms with Gasteiger partial charge in [0.2, 0.25) is 10.0 Å². The quantitative estimate of drug-likeness (QED) is 0.819. The number of hydrogen-bond donors (Lipinski definition) is 1. The first-order chi connectivity index (χ1) is 11.8. The first kappa shape index (κ1) is 19.1. The van der Waals surface area contributed by atoms with Gasteiger partial charge in [-0.3, -0.25) is 4.79 Å². The Hall–Kier alpha value is -2.18. The summed E-state index contributed by atoms with van der Waals surface area (Å²) in [4.78, 5) is 12.5. The van der Waals surface area contributed by atoms with Crippen molar-refractivity contribution in [3.05, 3.63) is 59.7 Å². The van der Waals surface area contributed by atoms with Gasteiger partial charge >= 0.3 is 0 Å². The summed E-state index contributed by atoms with van der Waals surface area (Å²) in [6, 6.07) is 13.5. The van der Waals surface area contributed by atoms with Gasteiger partial charge in [-0.1, -0.05) is 25.5 Å². The molecule has 1 amide bonds. The second-order valence-corrected chi connectivity index (χ2v) is 8.07. The SMILES string of the molecule is CCCCN(C)S(=O)(=O)c1ccc(C(=O)Nc2cccc(C)c2)cc1. The Morgan fingerprint density at radius 2 is 1.80 bits per heavy atom. The maximum atomic E-state index is 12.5. The normalized spacial score (nSPS) is 11.5. The lowest BCUT2D eigenvalue weighted by atomic mass is 10.2. The van der Waals surface area contributed by atoms with Gasteiger partial charge in [-0.2, -0.15) is 0 Å². The Kier molecular flexibility index (Phi) is 6.33. The van der Waals surface area contributed by atoms with Crippen molar-refractivity contribution in [2.24, 2.45) is 0 Å². The molecule has 0 spiro atoms. The molecule has 2 aromatic carbocycles. The number of aryl methyl sites for hydroxylation is 1. The molecule has 0 aromatic heterocycles. The van der Waals surface area contributed by atoms with Crippen LogP contribution in [-0.2, 0) is 10.0 Å². The Labute approximate surface area is 149 Å². The largest absolute Gasteiger partial charge is 0.322 e. The summed E-state index contributed by atoms with van der Waals surface area (Å²) in [5.41, 5.74) is 2.17. The zero-order valence-corrected chi connectivity index (χ0v) is 15.6. The van der Waals surface area contributed by atoms with E-state index in [9.17, 15) is 13.2 Å². The molecular weight excluding hydrogens is 336 g/mol. The monoisotopic (exact) mass is 360 g/mol. The number of anilines is 1. The molecule has 2 rings (SSSR count). The zero-order valence-electron chi connectivity index (χ0n) is 14.8. The average molecular weight is 360 g/mol. The minimum absolute atomic E-state index is 0.193. The van der Waals surface area contributed by atoms with Gasteiger partial charge in [-0.15, -0.1) is 0 Å². The molecule has 0 atom stereocenters. The Balaban J connectivity index is 2.12. The smallest absolute Gasteiger partial charge is 0.255 e. The van der Waals surface area contributed by atoms with E-state index in [1.54, 1.807) is 7.05 Å². The standard InChI is InChI=1S/C19H24N2O3S/c1-4-5-13-21(3)25(23,24)18-11-9-16(10-12-18)19(22)20-17-8-6-7-15(2)14-17/h6-12,14H,4-5,13H2,1-3H3,(H,20,22). The number of carbonyl (C=O) groups is 1. The fourth-order valence-corrected chi connectivity index (χ4v) is 3.59. The van der Waals surface area contributed by atoms with E-state index in [2.05, 4.69) is 5.32 Å². The molecule has 0 saturated heterocycles. The summed E-state index contributed by atoms with van der Waals surface area (Å²) in [6.07, 6.45) is 1.74. The highest BCUT2D eigenvalue weighted by Gasteiger charge is 2.20. The van der Waals surface area contributed by atoms with Gasteiger partial charge in [-0.25, -0.2) is 12.7 Å². The highest BCUT2D eigenvalue weighted by molar-refractivity contribution is 7.89. The second kappa shape index (κ2) is 8.27. The third kappa shape index (κ3) is 4.90. The Morgan fingerprint density at radius 3 is 2.40 bits per heavy atom. The molecular formula is C19H24N2O3S. The molecule has 25 heavy (non-hydrogen) atoms. The molecule has 134 valence electrons. The van der Waals surface area contributed by atoms with Gasteiger partial charge in [0.25, 0.3) is 5.91 Å². The predicted molar refractivity (Wildman–Crippen MR) is 100 cm³/mol. The van der Waals surface area contributed by atoms with E-state index in [0.717, 1.165) is 18.4 Å². The van der Waals surface area contributed by atoms with Crippen LogP contribution in [0.25, 0.3) is 0 Å². The lowest BCUT2D eigenvalue weighted by Gasteiger charge is -2.17. The number of carbonyl (C=O) groups excluding carboxylic acids is 1. The fraction of sp³-hybridized carbons (Fsp3) is 0.316. The van der Waals surface area contributed by atoms with Crippen molar-refractivity contribution in [1.82, 2.24) is 4.31 Å². The summed E-state index contributed by atoms with van der Waals surface area (Å²) in [7, 11) is -1.94. The molecule has 0 bridgehead atoms. The maximum absolute atomic E-state index is 12.5. The number of rotatable bonds is 7. The molecule has 0 aliphatic rings. The van der Waals surface area contributed by atoms with Crippen LogP contribution in [0.2, 0.25) is 0 Å². The Bertz CT molecular complexity index is 830. The average Bonchev–Trinajstić information content (AvgIpc) is 2.59. The van der Waals surface area contributed by atoms with E-state index >= 15 is 0 Å². The molecule has 6 heteroatoms. The highest BCUT2D eigenvalue weighted by Crippen LogP contribution is 2.17. The minimum atomic E-state index is -3.52. The number of unbranched alkanes of at least 4 members (excludes halogenated alkanes) is 1. The summed E-state index contributed by atoms with van der Waals surface area (Å²) in [5.74, 6) is -0.270. The lowest BCUT2D eigenvalue weighted by Crippen LogP contribution is -2.28.